The molecule has 1 aromatic rings. The van der Waals surface area contributed by atoms with Crippen LogP contribution in [0.3, 0.4) is 0 Å². The summed E-state index contributed by atoms with van der Waals surface area (Å²) in [5.41, 5.74) is 0. The molecular weight excluding hydrogens is 190 g/mol. The Morgan fingerprint density at radius 1 is 1.67 bits per heavy atom. The van der Waals surface area contributed by atoms with Crippen molar-refractivity contribution in [2.75, 3.05) is 19.6 Å². The van der Waals surface area contributed by atoms with E-state index in [0.29, 0.717) is 0 Å². The van der Waals surface area contributed by atoms with Crippen LogP contribution in [0.4, 0.5) is 0 Å². The van der Waals surface area contributed by atoms with Gasteiger partial charge in [-0.05, 0) is 45.3 Å². The lowest BCUT2D eigenvalue weighted by Gasteiger charge is -2.22. The Balaban J connectivity index is 1.65. The molecule has 0 aromatic carbocycles. The van der Waals surface area contributed by atoms with Crippen molar-refractivity contribution in [3.63, 3.8) is 0 Å². The maximum absolute atomic E-state index is 5.38. The molecular formula is C11H19N3O. The topological polar surface area (TPSA) is 50.1 Å². The highest BCUT2D eigenvalue weighted by molar-refractivity contribution is 4.90. The van der Waals surface area contributed by atoms with Crippen LogP contribution in [0, 0.1) is 12.8 Å². The zero-order chi connectivity index (χ0) is 10.5. The van der Waals surface area contributed by atoms with Gasteiger partial charge < -0.3 is 15.1 Å². The molecule has 0 amide bonds. The van der Waals surface area contributed by atoms with Crippen LogP contribution in [-0.4, -0.2) is 24.6 Å². The monoisotopic (exact) mass is 209 g/mol. The molecule has 1 aliphatic heterocycles. The third kappa shape index (κ3) is 3.32. The number of nitrogens with zero attached hydrogens (tertiary/aromatic N) is 1. The van der Waals surface area contributed by atoms with E-state index < -0.39 is 0 Å². The number of nitrogens with one attached hydrogen (secondary N) is 2. The minimum absolute atomic E-state index is 0.740. The lowest BCUT2D eigenvalue weighted by Crippen LogP contribution is -2.35. The normalized spacial score (nSPS) is 21.8. The van der Waals surface area contributed by atoms with Crippen molar-refractivity contribution < 1.29 is 4.42 Å². The summed E-state index contributed by atoms with van der Waals surface area (Å²) in [5, 5.41) is 6.80. The molecule has 1 fully saturated rings. The molecule has 0 radical (unpaired) electrons. The maximum atomic E-state index is 5.38. The van der Waals surface area contributed by atoms with Crippen LogP contribution >= 0.6 is 0 Å². The largest absolute Gasteiger partial charge is 0.445 e. The Morgan fingerprint density at radius 3 is 3.27 bits per heavy atom. The van der Waals surface area contributed by atoms with Crippen LogP contribution in [-0.2, 0) is 6.54 Å². The van der Waals surface area contributed by atoms with Crippen molar-refractivity contribution in [1.29, 1.82) is 0 Å². The summed E-state index contributed by atoms with van der Waals surface area (Å²) in [6, 6.07) is 0. The molecule has 1 saturated heterocycles. The molecule has 0 aliphatic carbocycles. The van der Waals surface area contributed by atoms with Gasteiger partial charge in [0.15, 0.2) is 0 Å². The summed E-state index contributed by atoms with van der Waals surface area (Å²) in [6.07, 6.45) is 4.38. The lowest BCUT2D eigenvalue weighted by molar-refractivity contribution is 0.350. The van der Waals surface area contributed by atoms with E-state index in [1.54, 1.807) is 6.20 Å². The Bertz CT molecular complexity index is 292. The Kier molecular flexibility index (Phi) is 3.75. The van der Waals surface area contributed by atoms with Gasteiger partial charge in [-0.2, -0.15) is 0 Å². The number of hydrogen-bond donors (Lipinski definition) is 2. The Morgan fingerprint density at radius 2 is 2.60 bits per heavy atom. The van der Waals surface area contributed by atoms with Gasteiger partial charge in [-0.1, -0.05) is 0 Å². The molecule has 4 nitrogen and oxygen atoms in total. The fourth-order valence-electron chi connectivity index (χ4n) is 1.96. The molecule has 2 N–H and O–H groups in total. The summed E-state index contributed by atoms with van der Waals surface area (Å²) in [6.45, 7) is 6.02. The summed E-state index contributed by atoms with van der Waals surface area (Å²) in [4.78, 5) is 4.15. The number of hydrogen-bond acceptors (Lipinski definition) is 4. The number of aryl methyl sites for hydroxylation is 1. The van der Waals surface area contributed by atoms with Crippen LogP contribution < -0.4 is 10.6 Å². The van der Waals surface area contributed by atoms with Crippen LogP contribution in [0.2, 0.25) is 0 Å². The average Bonchev–Trinajstić information content (AvgIpc) is 2.66. The molecule has 1 atom stereocenters. The molecule has 84 valence electrons. The van der Waals surface area contributed by atoms with E-state index in [-0.39, 0.29) is 0 Å². The van der Waals surface area contributed by atoms with Crippen molar-refractivity contribution in [2.45, 2.75) is 26.3 Å². The Labute approximate surface area is 90.5 Å². The molecule has 4 heteroatoms. The SMILES string of the molecule is Cc1cnc(CNCC2CCCNC2)o1. The highest BCUT2D eigenvalue weighted by Gasteiger charge is 2.12. The summed E-state index contributed by atoms with van der Waals surface area (Å²) < 4.78 is 5.38. The van der Waals surface area contributed by atoms with Crippen molar-refractivity contribution in [3.05, 3.63) is 17.8 Å². The third-order valence-corrected chi connectivity index (χ3v) is 2.78. The quantitative estimate of drug-likeness (QED) is 0.779. The first-order valence-electron chi connectivity index (χ1n) is 5.67. The Hall–Kier alpha value is -0.870. The van der Waals surface area contributed by atoms with Gasteiger partial charge in [-0.15, -0.1) is 0 Å². The highest BCUT2D eigenvalue weighted by Crippen LogP contribution is 2.08. The van der Waals surface area contributed by atoms with E-state index >= 15 is 0 Å². The van der Waals surface area contributed by atoms with Gasteiger partial charge in [0.25, 0.3) is 0 Å². The van der Waals surface area contributed by atoms with E-state index in [9.17, 15) is 0 Å². The molecule has 2 rings (SSSR count). The minimum Gasteiger partial charge on any atom is -0.445 e. The van der Waals surface area contributed by atoms with E-state index in [1.165, 1.54) is 19.4 Å². The van der Waals surface area contributed by atoms with Crippen molar-refractivity contribution in [2.24, 2.45) is 5.92 Å². The second-order valence-corrected chi connectivity index (χ2v) is 4.21. The van der Waals surface area contributed by atoms with Crippen molar-refractivity contribution >= 4 is 0 Å². The first-order chi connectivity index (χ1) is 7.34. The molecule has 0 spiro atoms. The first-order valence-corrected chi connectivity index (χ1v) is 5.67. The molecule has 1 aromatic heterocycles. The van der Waals surface area contributed by atoms with E-state index in [1.807, 2.05) is 6.92 Å². The van der Waals surface area contributed by atoms with Gasteiger partial charge >= 0.3 is 0 Å². The van der Waals surface area contributed by atoms with Crippen LogP contribution in [0.5, 0.6) is 0 Å². The number of piperidine rings is 1. The van der Waals surface area contributed by atoms with Gasteiger partial charge in [0.05, 0.1) is 12.7 Å². The van der Waals surface area contributed by atoms with Gasteiger partial charge in [0.2, 0.25) is 5.89 Å². The van der Waals surface area contributed by atoms with Crippen molar-refractivity contribution in [3.8, 4) is 0 Å². The lowest BCUT2D eigenvalue weighted by atomic mass is 10.00. The number of aromatic nitrogens is 1. The third-order valence-electron chi connectivity index (χ3n) is 2.78. The summed E-state index contributed by atoms with van der Waals surface area (Å²) in [5.74, 6) is 2.43. The summed E-state index contributed by atoms with van der Waals surface area (Å²) in [7, 11) is 0. The minimum atomic E-state index is 0.740. The van der Waals surface area contributed by atoms with Gasteiger partial charge in [-0.25, -0.2) is 4.98 Å². The number of rotatable bonds is 4. The molecule has 1 aliphatic rings. The first kappa shape index (κ1) is 10.6. The molecule has 2 heterocycles. The van der Waals surface area contributed by atoms with Gasteiger partial charge in [-0.3, -0.25) is 0 Å². The molecule has 0 saturated carbocycles. The second kappa shape index (κ2) is 5.28. The van der Waals surface area contributed by atoms with E-state index in [4.69, 9.17) is 4.42 Å². The molecule has 1 unspecified atom stereocenters. The zero-order valence-corrected chi connectivity index (χ0v) is 9.25. The predicted octanol–water partition coefficient (Wildman–Crippen LogP) is 1.07. The fourth-order valence-corrected chi connectivity index (χ4v) is 1.96. The van der Waals surface area contributed by atoms with Crippen LogP contribution in [0.1, 0.15) is 24.5 Å². The van der Waals surface area contributed by atoms with Crippen LogP contribution in [0.25, 0.3) is 0 Å². The van der Waals surface area contributed by atoms with E-state index in [2.05, 4.69) is 15.6 Å². The van der Waals surface area contributed by atoms with Gasteiger partial charge in [0.1, 0.15) is 5.76 Å². The smallest absolute Gasteiger partial charge is 0.208 e. The second-order valence-electron chi connectivity index (χ2n) is 4.21. The predicted molar refractivity (Wildman–Crippen MR) is 58.5 cm³/mol. The standard InChI is InChI=1S/C11H19N3O/c1-9-5-14-11(15-9)8-13-7-10-3-2-4-12-6-10/h5,10,12-13H,2-4,6-8H2,1H3. The zero-order valence-electron chi connectivity index (χ0n) is 9.25. The number of oxazole rings is 1. The summed E-state index contributed by atoms with van der Waals surface area (Å²) >= 11 is 0. The van der Waals surface area contributed by atoms with Gasteiger partial charge in [0, 0.05) is 0 Å². The van der Waals surface area contributed by atoms with Crippen LogP contribution in [0.15, 0.2) is 10.6 Å². The molecule has 15 heavy (non-hydrogen) atoms. The average molecular weight is 209 g/mol. The van der Waals surface area contributed by atoms with Crippen molar-refractivity contribution in [1.82, 2.24) is 15.6 Å². The fraction of sp³-hybridized carbons (Fsp3) is 0.727. The molecule has 0 bridgehead atoms. The van der Waals surface area contributed by atoms with E-state index in [0.717, 1.165) is 37.2 Å². The highest BCUT2D eigenvalue weighted by atomic mass is 16.4. The maximum Gasteiger partial charge on any atom is 0.208 e.